The van der Waals surface area contributed by atoms with Crippen LogP contribution in [0.1, 0.15) is 18.4 Å². The second-order valence-electron chi connectivity index (χ2n) is 3.28. The van der Waals surface area contributed by atoms with E-state index in [1.165, 1.54) is 12.3 Å². The summed E-state index contributed by atoms with van der Waals surface area (Å²) >= 11 is 5.81. The van der Waals surface area contributed by atoms with Crippen molar-refractivity contribution in [3.05, 3.63) is 22.8 Å². The number of anilines is 1. The topological polar surface area (TPSA) is 48.7 Å². The molecule has 0 aliphatic heterocycles. The van der Waals surface area contributed by atoms with E-state index in [2.05, 4.69) is 10.3 Å². The number of nitriles is 1. The number of aromatic nitrogens is 1. The van der Waals surface area contributed by atoms with Crippen LogP contribution in [0.5, 0.6) is 0 Å². The van der Waals surface area contributed by atoms with Crippen LogP contribution in [-0.4, -0.2) is 17.7 Å². The Hall–Kier alpha value is -1.48. The molecular formula is C10H9ClF3N3. The lowest BCUT2D eigenvalue weighted by atomic mass is 10.2. The molecule has 7 heteroatoms. The maximum Gasteiger partial charge on any atom is 0.389 e. The SMILES string of the molecule is N#Cc1ccnc(NCCCC(F)(F)F)c1Cl. The van der Waals surface area contributed by atoms with Gasteiger partial charge in [-0.05, 0) is 12.5 Å². The summed E-state index contributed by atoms with van der Waals surface area (Å²) in [6.07, 6.45) is -3.72. The van der Waals surface area contributed by atoms with Gasteiger partial charge in [0.15, 0.2) is 0 Å². The maximum absolute atomic E-state index is 11.9. The third-order valence-electron chi connectivity index (χ3n) is 1.94. The van der Waals surface area contributed by atoms with Crippen LogP contribution in [0.3, 0.4) is 0 Å². The normalized spacial score (nSPS) is 11.0. The van der Waals surface area contributed by atoms with Gasteiger partial charge in [0, 0.05) is 19.2 Å². The van der Waals surface area contributed by atoms with Gasteiger partial charge in [-0.3, -0.25) is 0 Å². The van der Waals surface area contributed by atoms with Crippen molar-refractivity contribution < 1.29 is 13.2 Å². The number of halogens is 4. The summed E-state index contributed by atoms with van der Waals surface area (Å²) < 4.78 is 35.6. The monoisotopic (exact) mass is 263 g/mol. The molecule has 0 saturated carbocycles. The van der Waals surface area contributed by atoms with Crippen LogP contribution in [0.15, 0.2) is 12.3 Å². The molecule has 0 unspecified atom stereocenters. The number of hydrogen-bond donors (Lipinski definition) is 1. The minimum absolute atomic E-state index is 0.0711. The van der Waals surface area contributed by atoms with Crippen LogP contribution >= 0.6 is 11.6 Å². The number of hydrogen-bond acceptors (Lipinski definition) is 3. The van der Waals surface area contributed by atoms with Crippen molar-refractivity contribution in [3.8, 4) is 6.07 Å². The van der Waals surface area contributed by atoms with Gasteiger partial charge in [0.1, 0.15) is 16.9 Å². The fraction of sp³-hybridized carbons (Fsp3) is 0.400. The average molecular weight is 264 g/mol. The first-order valence-electron chi connectivity index (χ1n) is 4.79. The van der Waals surface area contributed by atoms with Crippen molar-refractivity contribution in [2.24, 2.45) is 0 Å². The molecule has 17 heavy (non-hydrogen) atoms. The van der Waals surface area contributed by atoms with E-state index in [0.717, 1.165) is 0 Å². The predicted molar refractivity (Wildman–Crippen MR) is 57.7 cm³/mol. The number of nitrogens with zero attached hydrogens (tertiary/aromatic N) is 2. The van der Waals surface area contributed by atoms with Gasteiger partial charge in [0.2, 0.25) is 0 Å². The molecule has 0 saturated heterocycles. The van der Waals surface area contributed by atoms with Crippen molar-refractivity contribution in [2.45, 2.75) is 19.0 Å². The van der Waals surface area contributed by atoms with Crippen molar-refractivity contribution in [2.75, 3.05) is 11.9 Å². The zero-order valence-corrected chi connectivity index (χ0v) is 9.44. The van der Waals surface area contributed by atoms with Crippen LogP contribution in [0, 0.1) is 11.3 Å². The Labute approximate surface area is 101 Å². The van der Waals surface area contributed by atoms with Crippen LogP contribution in [0.2, 0.25) is 5.02 Å². The van der Waals surface area contributed by atoms with E-state index in [1.54, 1.807) is 0 Å². The summed E-state index contributed by atoms with van der Waals surface area (Å²) in [6, 6.07) is 3.29. The minimum atomic E-state index is -4.16. The summed E-state index contributed by atoms with van der Waals surface area (Å²) in [5, 5.41) is 11.5. The smallest absolute Gasteiger partial charge is 0.369 e. The third-order valence-corrected chi connectivity index (χ3v) is 2.32. The van der Waals surface area contributed by atoms with Gasteiger partial charge in [-0.2, -0.15) is 18.4 Å². The summed E-state index contributed by atoms with van der Waals surface area (Å²) in [5.74, 6) is 0.230. The van der Waals surface area contributed by atoms with Gasteiger partial charge in [-0.25, -0.2) is 4.98 Å². The summed E-state index contributed by atoms with van der Waals surface area (Å²) in [5.41, 5.74) is 0.236. The molecule has 1 aromatic rings. The Morgan fingerprint density at radius 3 is 2.76 bits per heavy atom. The highest BCUT2D eigenvalue weighted by atomic mass is 35.5. The quantitative estimate of drug-likeness (QED) is 0.848. The van der Waals surface area contributed by atoms with E-state index in [0.29, 0.717) is 0 Å². The van der Waals surface area contributed by atoms with Crippen molar-refractivity contribution in [3.63, 3.8) is 0 Å². The van der Waals surface area contributed by atoms with E-state index in [-0.39, 0.29) is 29.4 Å². The van der Waals surface area contributed by atoms with Crippen LogP contribution in [0.4, 0.5) is 19.0 Å². The number of rotatable bonds is 4. The molecule has 0 aromatic carbocycles. The zero-order valence-electron chi connectivity index (χ0n) is 8.68. The van der Waals surface area contributed by atoms with Crippen molar-refractivity contribution >= 4 is 17.4 Å². The Kier molecular flexibility index (Phi) is 4.58. The van der Waals surface area contributed by atoms with Gasteiger partial charge in [0.05, 0.1) is 5.56 Å². The van der Waals surface area contributed by atoms with Crippen LogP contribution < -0.4 is 5.32 Å². The van der Waals surface area contributed by atoms with Crippen molar-refractivity contribution in [1.29, 1.82) is 5.26 Å². The fourth-order valence-corrected chi connectivity index (χ4v) is 1.37. The van der Waals surface area contributed by atoms with E-state index in [1.807, 2.05) is 6.07 Å². The van der Waals surface area contributed by atoms with E-state index < -0.39 is 12.6 Å². The van der Waals surface area contributed by atoms with Crippen LogP contribution in [-0.2, 0) is 0 Å². The highest BCUT2D eigenvalue weighted by Gasteiger charge is 2.25. The van der Waals surface area contributed by atoms with Gasteiger partial charge >= 0.3 is 6.18 Å². The molecule has 0 fully saturated rings. The Morgan fingerprint density at radius 1 is 1.47 bits per heavy atom. The number of alkyl halides is 3. The molecule has 1 heterocycles. The second-order valence-corrected chi connectivity index (χ2v) is 3.66. The van der Waals surface area contributed by atoms with E-state index >= 15 is 0 Å². The number of pyridine rings is 1. The highest BCUT2D eigenvalue weighted by molar-refractivity contribution is 6.34. The van der Waals surface area contributed by atoms with Gasteiger partial charge < -0.3 is 5.32 Å². The molecule has 0 bridgehead atoms. The molecule has 0 amide bonds. The molecule has 0 atom stereocenters. The standard InChI is InChI=1S/C10H9ClF3N3/c11-8-7(6-15)2-5-17-9(8)16-4-1-3-10(12,13)14/h2,5H,1,3-4H2,(H,16,17). The second kappa shape index (κ2) is 5.73. The summed E-state index contributed by atoms with van der Waals surface area (Å²) in [6.45, 7) is 0.0983. The molecule has 1 aromatic heterocycles. The first kappa shape index (κ1) is 13.6. The van der Waals surface area contributed by atoms with E-state index in [9.17, 15) is 13.2 Å². The third kappa shape index (κ3) is 4.49. The zero-order chi connectivity index (χ0) is 12.9. The minimum Gasteiger partial charge on any atom is -0.369 e. The Balaban J connectivity index is 2.51. The first-order valence-corrected chi connectivity index (χ1v) is 5.17. The predicted octanol–water partition coefficient (Wildman–Crippen LogP) is 3.36. The molecule has 0 spiro atoms. The molecule has 92 valence electrons. The lowest BCUT2D eigenvalue weighted by Crippen LogP contribution is -2.11. The summed E-state index contributed by atoms with van der Waals surface area (Å²) in [7, 11) is 0. The highest BCUT2D eigenvalue weighted by Crippen LogP contribution is 2.24. The number of nitrogens with one attached hydrogen (secondary N) is 1. The maximum atomic E-state index is 11.9. The largest absolute Gasteiger partial charge is 0.389 e. The van der Waals surface area contributed by atoms with Crippen LogP contribution in [0.25, 0.3) is 0 Å². The van der Waals surface area contributed by atoms with Gasteiger partial charge in [0.25, 0.3) is 0 Å². The Bertz CT molecular complexity index is 426. The summed E-state index contributed by atoms with van der Waals surface area (Å²) in [4.78, 5) is 3.85. The molecular weight excluding hydrogens is 255 g/mol. The van der Waals surface area contributed by atoms with E-state index in [4.69, 9.17) is 16.9 Å². The first-order chi connectivity index (χ1) is 7.94. The molecule has 1 N–H and O–H groups in total. The lowest BCUT2D eigenvalue weighted by molar-refractivity contribution is -0.134. The molecule has 0 aliphatic carbocycles. The molecule has 0 aliphatic rings. The average Bonchev–Trinajstić information content (AvgIpc) is 2.25. The molecule has 1 rings (SSSR count). The van der Waals surface area contributed by atoms with Gasteiger partial charge in [-0.1, -0.05) is 11.6 Å². The van der Waals surface area contributed by atoms with Gasteiger partial charge in [-0.15, -0.1) is 0 Å². The Morgan fingerprint density at radius 2 is 2.18 bits per heavy atom. The van der Waals surface area contributed by atoms with Crippen molar-refractivity contribution in [1.82, 2.24) is 4.98 Å². The molecule has 3 nitrogen and oxygen atoms in total. The lowest BCUT2D eigenvalue weighted by Gasteiger charge is -2.09. The molecule has 0 radical (unpaired) electrons. The fourth-order valence-electron chi connectivity index (χ4n) is 1.15.